The fourth-order valence-electron chi connectivity index (χ4n) is 1.71. The molecule has 2 aromatic rings. The van der Waals surface area contributed by atoms with Crippen LogP contribution in [0.15, 0.2) is 27.4 Å². The molecular formula is C12H10O5. The summed E-state index contributed by atoms with van der Waals surface area (Å²) in [6.07, 6.45) is 0. The van der Waals surface area contributed by atoms with Gasteiger partial charge in [-0.25, -0.2) is 4.79 Å². The second-order valence-electron chi connectivity index (χ2n) is 3.53. The van der Waals surface area contributed by atoms with Crippen molar-refractivity contribution in [1.82, 2.24) is 0 Å². The zero-order valence-electron chi connectivity index (χ0n) is 9.31. The van der Waals surface area contributed by atoms with Crippen molar-refractivity contribution >= 4 is 16.8 Å². The van der Waals surface area contributed by atoms with Crippen molar-refractivity contribution in [2.24, 2.45) is 0 Å². The van der Waals surface area contributed by atoms with Crippen LogP contribution in [0.2, 0.25) is 0 Å². The minimum absolute atomic E-state index is 0.0133. The van der Waals surface area contributed by atoms with Gasteiger partial charge in [-0.1, -0.05) is 0 Å². The van der Waals surface area contributed by atoms with Gasteiger partial charge in [-0.15, -0.1) is 0 Å². The van der Waals surface area contributed by atoms with Gasteiger partial charge in [-0.05, 0) is 19.1 Å². The number of ether oxygens (including phenoxy) is 1. The molecule has 0 aliphatic heterocycles. The summed E-state index contributed by atoms with van der Waals surface area (Å²) in [7, 11) is 1.33. The lowest BCUT2D eigenvalue weighted by Crippen LogP contribution is -2.03. The maximum atomic E-state index is 11.5. The highest BCUT2D eigenvalue weighted by atomic mass is 16.5. The van der Waals surface area contributed by atoms with Crippen molar-refractivity contribution in [2.75, 3.05) is 7.11 Å². The number of phenolic OH excluding ortho intramolecular Hbond substituents is 1. The maximum Gasteiger partial charge on any atom is 0.336 e. The molecule has 0 radical (unpaired) electrons. The average Bonchev–Trinajstić information content (AvgIpc) is 2.27. The smallest absolute Gasteiger partial charge is 0.336 e. The monoisotopic (exact) mass is 234 g/mol. The molecular weight excluding hydrogens is 224 g/mol. The first kappa shape index (κ1) is 11.2. The molecule has 1 N–H and O–H groups in total. The van der Waals surface area contributed by atoms with E-state index in [9.17, 15) is 14.7 Å². The van der Waals surface area contributed by atoms with Crippen LogP contribution in [-0.2, 0) is 0 Å². The molecule has 1 heterocycles. The molecule has 2 rings (SSSR count). The Morgan fingerprint density at radius 3 is 2.71 bits per heavy atom. The summed E-state index contributed by atoms with van der Waals surface area (Å²) in [4.78, 5) is 22.7. The summed E-state index contributed by atoms with van der Waals surface area (Å²) < 4.78 is 9.94. The molecule has 0 aliphatic rings. The first-order valence-corrected chi connectivity index (χ1v) is 4.89. The third kappa shape index (κ3) is 1.75. The molecule has 5 heteroatoms. The predicted octanol–water partition coefficient (Wildman–Crippen LogP) is 1.71. The third-order valence-corrected chi connectivity index (χ3v) is 2.40. The molecule has 0 unspecified atom stereocenters. The second kappa shape index (κ2) is 3.93. The van der Waals surface area contributed by atoms with E-state index in [0.717, 1.165) is 0 Å². The molecule has 0 aliphatic carbocycles. The van der Waals surface area contributed by atoms with Crippen LogP contribution in [0.1, 0.15) is 17.3 Å². The van der Waals surface area contributed by atoms with Gasteiger partial charge in [-0.2, -0.15) is 0 Å². The molecule has 0 saturated heterocycles. The summed E-state index contributed by atoms with van der Waals surface area (Å²) >= 11 is 0. The summed E-state index contributed by atoms with van der Waals surface area (Å²) in [5.41, 5.74) is -0.368. The molecule has 5 nitrogen and oxygen atoms in total. The normalized spacial score (nSPS) is 10.5. The fourth-order valence-corrected chi connectivity index (χ4v) is 1.71. The van der Waals surface area contributed by atoms with Crippen LogP contribution in [0.3, 0.4) is 0 Å². The zero-order valence-corrected chi connectivity index (χ0v) is 9.31. The van der Waals surface area contributed by atoms with Gasteiger partial charge in [0.05, 0.1) is 7.11 Å². The first-order chi connectivity index (χ1) is 8.04. The molecule has 0 saturated carbocycles. The van der Waals surface area contributed by atoms with Gasteiger partial charge in [0.25, 0.3) is 0 Å². The quantitative estimate of drug-likeness (QED) is 0.632. The summed E-state index contributed by atoms with van der Waals surface area (Å²) in [5.74, 6) is -0.504. The second-order valence-corrected chi connectivity index (χ2v) is 3.53. The highest BCUT2D eigenvalue weighted by molar-refractivity contribution is 6.08. The number of fused-ring (bicyclic) bond motifs is 1. The molecule has 0 atom stereocenters. The van der Waals surface area contributed by atoms with E-state index in [1.54, 1.807) is 0 Å². The summed E-state index contributed by atoms with van der Waals surface area (Å²) in [5, 5.41) is 10.2. The zero-order chi connectivity index (χ0) is 12.6. The van der Waals surface area contributed by atoms with Crippen molar-refractivity contribution in [3.05, 3.63) is 34.2 Å². The van der Waals surface area contributed by atoms with Gasteiger partial charge in [0.15, 0.2) is 22.9 Å². The molecule has 0 spiro atoms. The number of hydrogen-bond acceptors (Lipinski definition) is 5. The van der Waals surface area contributed by atoms with Crippen LogP contribution in [0.5, 0.6) is 11.5 Å². The van der Waals surface area contributed by atoms with Crippen molar-refractivity contribution in [3.63, 3.8) is 0 Å². The molecule has 1 aromatic carbocycles. The van der Waals surface area contributed by atoms with E-state index in [2.05, 4.69) is 0 Å². The lowest BCUT2D eigenvalue weighted by molar-refractivity contribution is 0.101. The van der Waals surface area contributed by atoms with E-state index < -0.39 is 5.63 Å². The number of phenols is 1. The van der Waals surface area contributed by atoms with E-state index in [-0.39, 0.29) is 28.4 Å². The third-order valence-electron chi connectivity index (χ3n) is 2.40. The fraction of sp³-hybridized carbons (Fsp3) is 0.167. The van der Waals surface area contributed by atoms with Crippen LogP contribution in [0.4, 0.5) is 0 Å². The lowest BCUT2D eigenvalue weighted by Gasteiger charge is -2.09. The van der Waals surface area contributed by atoms with E-state index in [1.165, 1.54) is 32.2 Å². The van der Waals surface area contributed by atoms with E-state index in [4.69, 9.17) is 9.15 Å². The number of benzene rings is 1. The Hall–Kier alpha value is -2.30. The van der Waals surface area contributed by atoms with Gasteiger partial charge in [0.1, 0.15) is 5.56 Å². The SMILES string of the molecule is COc1c(O)cc2ccc(=O)oc2c1C(C)=O. The number of carbonyl (C=O) groups excluding carboxylic acids is 1. The van der Waals surface area contributed by atoms with Gasteiger partial charge >= 0.3 is 5.63 Å². The van der Waals surface area contributed by atoms with Gasteiger partial charge in [0, 0.05) is 11.5 Å². The highest BCUT2D eigenvalue weighted by Gasteiger charge is 2.19. The number of hydrogen-bond donors (Lipinski definition) is 1. The summed E-state index contributed by atoms with van der Waals surface area (Å²) in [6.45, 7) is 1.31. The molecule has 0 bridgehead atoms. The largest absolute Gasteiger partial charge is 0.504 e. The number of Topliss-reactive ketones (excluding diaryl/α,β-unsaturated/α-hetero) is 1. The van der Waals surface area contributed by atoms with Crippen LogP contribution in [0.25, 0.3) is 11.0 Å². The molecule has 0 amide bonds. The Morgan fingerprint density at radius 2 is 2.12 bits per heavy atom. The topological polar surface area (TPSA) is 76.7 Å². The van der Waals surface area contributed by atoms with Crippen LogP contribution >= 0.6 is 0 Å². The molecule has 17 heavy (non-hydrogen) atoms. The van der Waals surface area contributed by atoms with E-state index in [1.807, 2.05) is 0 Å². The molecule has 0 fully saturated rings. The molecule has 88 valence electrons. The van der Waals surface area contributed by atoms with Gasteiger partial charge in [-0.3, -0.25) is 4.79 Å². The van der Waals surface area contributed by atoms with E-state index >= 15 is 0 Å². The van der Waals surface area contributed by atoms with Crippen molar-refractivity contribution < 1.29 is 19.1 Å². The average molecular weight is 234 g/mol. The Kier molecular flexibility index (Phi) is 2.59. The number of ketones is 1. The molecule has 1 aromatic heterocycles. The van der Waals surface area contributed by atoms with Gasteiger partial charge < -0.3 is 14.3 Å². The number of aromatic hydroxyl groups is 1. The Labute approximate surface area is 96.2 Å². The number of rotatable bonds is 2. The van der Waals surface area contributed by atoms with E-state index in [0.29, 0.717) is 5.39 Å². The van der Waals surface area contributed by atoms with Crippen molar-refractivity contribution in [1.29, 1.82) is 0 Å². The predicted molar refractivity (Wildman–Crippen MR) is 60.7 cm³/mol. The first-order valence-electron chi connectivity index (χ1n) is 4.89. The van der Waals surface area contributed by atoms with Gasteiger partial charge in [0.2, 0.25) is 0 Å². The van der Waals surface area contributed by atoms with Crippen LogP contribution < -0.4 is 10.4 Å². The Morgan fingerprint density at radius 1 is 1.41 bits per heavy atom. The number of carbonyl (C=O) groups is 1. The summed E-state index contributed by atoms with van der Waals surface area (Å²) in [6, 6.07) is 4.08. The van der Waals surface area contributed by atoms with Crippen LogP contribution in [-0.4, -0.2) is 18.0 Å². The lowest BCUT2D eigenvalue weighted by atomic mass is 10.1. The standard InChI is InChI=1S/C12H10O5/c1-6(13)10-11-7(3-4-9(15)17-11)5-8(14)12(10)16-2/h3-5,14H,1-2H3. The van der Waals surface area contributed by atoms with Crippen molar-refractivity contribution in [3.8, 4) is 11.5 Å². The van der Waals surface area contributed by atoms with Crippen LogP contribution in [0, 0.1) is 0 Å². The van der Waals surface area contributed by atoms with Crippen molar-refractivity contribution in [2.45, 2.75) is 6.92 Å². The number of methoxy groups -OCH3 is 1. The highest BCUT2D eigenvalue weighted by Crippen LogP contribution is 2.36. The maximum absolute atomic E-state index is 11.5. The minimum atomic E-state index is -0.562. The Bertz CT molecular complexity index is 654. The minimum Gasteiger partial charge on any atom is -0.504 e. The Balaban J connectivity index is 2.99.